The summed E-state index contributed by atoms with van der Waals surface area (Å²) in [6.45, 7) is 1.93. The van der Waals surface area contributed by atoms with Crippen molar-refractivity contribution in [2.45, 2.75) is 6.54 Å². The molecule has 102 valence electrons. The number of ether oxygens (including phenoxy) is 1. The SMILES string of the molecule is COCCNCc1nc(-c2cccc(F)c2F)cs1. The van der Waals surface area contributed by atoms with Gasteiger partial charge in [-0.25, -0.2) is 13.8 Å². The highest BCUT2D eigenvalue weighted by molar-refractivity contribution is 7.09. The standard InChI is InChI=1S/C13H14F2N2OS/c1-18-6-5-16-7-12-17-11(8-19-12)9-3-2-4-10(14)13(9)15/h2-4,8,16H,5-7H2,1H3. The number of hydrogen-bond donors (Lipinski definition) is 1. The fraction of sp³-hybridized carbons (Fsp3) is 0.308. The second kappa shape index (κ2) is 6.70. The van der Waals surface area contributed by atoms with Crippen LogP contribution in [0.3, 0.4) is 0 Å². The van der Waals surface area contributed by atoms with Gasteiger partial charge in [0.05, 0.1) is 12.3 Å². The summed E-state index contributed by atoms with van der Waals surface area (Å²) in [5.41, 5.74) is 0.657. The van der Waals surface area contributed by atoms with E-state index >= 15 is 0 Å². The van der Waals surface area contributed by atoms with E-state index in [1.807, 2.05) is 0 Å². The number of benzene rings is 1. The lowest BCUT2D eigenvalue weighted by molar-refractivity contribution is 0.199. The average Bonchev–Trinajstić information content (AvgIpc) is 2.87. The van der Waals surface area contributed by atoms with Crippen molar-refractivity contribution in [1.82, 2.24) is 10.3 Å². The lowest BCUT2D eigenvalue weighted by Crippen LogP contribution is -2.18. The second-order valence-corrected chi connectivity index (χ2v) is 4.84. The maximum Gasteiger partial charge on any atom is 0.168 e. The molecule has 0 aliphatic carbocycles. The lowest BCUT2D eigenvalue weighted by Gasteiger charge is -2.01. The summed E-state index contributed by atoms with van der Waals surface area (Å²) in [6.07, 6.45) is 0. The maximum absolute atomic E-state index is 13.6. The summed E-state index contributed by atoms with van der Waals surface area (Å²) < 4.78 is 31.7. The number of halogens is 2. The van der Waals surface area contributed by atoms with Gasteiger partial charge in [0, 0.05) is 31.1 Å². The minimum atomic E-state index is -0.856. The molecule has 0 atom stereocenters. The Kier molecular flexibility index (Phi) is 4.95. The molecular formula is C13H14F2N2OS. The third-order valence-electron chi connectivity index (χ3n) is 2.54. The first kappa shape index (κ1) is 14.0. The summed E-state index contributed by atoms with van der Waals surface area (Å²) in [7, 11) is 1.63. The van der Waals surface area contributed by atoms with E-state index in [0.717, 1.165) is 17.6 Å². The van der Waals surface area contributed by atoms with Crippen LogP contribution in [0.1, 0.15) is 5.01 Å². The Morgan fingerprint density at radius 2 is 2.21 bits per heavy atom. The Morgan fingerprint density at radius 1 is 1.37 bits per heavy atom. The number of aromatic nitrogens is 1. The zero-order chi connectivity index (χ0) is 13.7. The van der Waals surface area contributed by atoms with Crippen LogP contribution in [0.4, 0.5) is 8.78 Å². The Bertz CT molecular complexity index is 545. The van der Waals surface area contributed by atoms with Gasteiger partial charge in [0.2, 0.25) is 0 Å². The summed E-state index contributed by atoms with van der Waals surface area (Å²) >= 11 is 1.41. The van der Waals surface area contributed by atoms with E-state index < -0.39 is 11.6 Å². The molecule has 0 aliphatic heterocycles. The zero-order valence-electron chi connectivity index (χ0n) is 10.5. The third kappa shape index (κ3) is 3.56. The molecule has 0 aliphatic rings. The summed E-state index contributed by atoms with van der Waals surface area (Å²) in [4.78, 5) is 4.29. The summed E-state index contributed by atoms with van der Waals surface area (Å²) in [5.74, 6) is -1.71. The number of thiazole rings is 1. The van der Waals surface area contributed by atoms with Crippen molar-refractivity contribution in [2.24, 2.45) is 0 Å². The van der Waals surface area contributed by atoms with E-state index in [4.69, 9.17) is 4.74 Å². The van der Waals surface area contributed by atoms with Gasteiger partial charge in [-0.3, -0.25) is 0 Å². The molecule has 3 nitrogen and oxygen atoms in total. The predicted molar refractivity (Wildman–Crippen MR) is 71.0 cm³/mol. The summed E-state index contributed by atoms with van der Waals surface area (Å²) in [6, 6.07) is 4.09. The Labute approximate surface area is 114 Å². The van der Waals surface area contributed by atoms with Crippen molar-refractivity contribution < 1.29 is 13.5 Å². The largest absolute Gasteiger partial charge is 0.383 e. The van der Waals surface area contributed by atoms with Crippen LogP contribution in [-0.2, 0) is 11.3 Å². The van der Waals surface area contributed by atoms with Gasteiger partial charge in [-0.2, -0.15) is 0 Å². The first-order chi connectivity index (χ1) is 9.22. The Morgan fingerprint density at radius 3 is 3.00 bits per heavy atom. The fourth-order valence-electron chi connectivity index (χ4n) is 1.59. The quantitative estimate of drug-likeness (QED) is 0.828. The van der Waals surface area contributed by atoms with Crippen molar-refractivity contribution in [3.05, 3.63) is 40.2 Å². The van der Waals surface area contributed by atoms with Crippen LogP contribution in [0.25, 0.3) is 11.3 Å². The van der Waals surface area contributed by atoms with Crippen LogP contribution in [-0.4, -0.2) is 25.2 Å². The van der Waals surface area contributed by atoms with Crippen molar-refractivity contribution in [1.29, 1.82) is 0 Å². The van der Waals surface area contributed by atoms with Gasteiger partial charge in [0.25, 0.3) is 0 Å². The first-order valence-corrected chi connectivity index (χ1v) is 6.68. The van der Waals surface area contributed by atoms with E-state index in [-0.39, 0.29) is 5.56 Å². The van der Waals surface area contributed by atoms with Crippen LogP contribution in [0, 0.1) is 11.6 Å². The molecule has 0 spiro atoms. The van der Waals surface area contributed by atoms with Gasteiger partial charge >= 0.3 is 0 Å². The van der Waals surface area contributed by atoms with Crippen LogP contribution in [0.5, 0.6) is 0 Å². The van der Waals surface area contributed by atoms with Gasteiger partial charge in [0.15, 0.2) is 11.6 Å². The molecule has 2 aromatic rings. The van der Waals surface area contributed by atoms with Crippen molar-refractivity contribution >= 4 is 11.3 Å². The second-order valence-electron chi connectivity index (χ2n) is 3.90. The Balaban J connectivity index is 2.06. The molecule has 0 radical (unpaired) electrons. The van der Waals surface area contributed by atoms with E-state index in [1.54, 1.807) is 12.5 Å². The molecule has 2 rings (SSSR count). The highest BCUT2D eigenvalue weighted by Crippen LogP contribution is 2.25. The molecule has 1 aromatic carbocycles. The van der Waals surface area contributed by atoms with E-state index in [2.05, 4.69) is 10.3 Å². The normalized spacial score (nSPS) is 10.9. The number of methoxy groups -OCH3 is 1. The molecule has 1 N–H and O–H groups in total. The van der Waals surface area contributed by atoms with Gasteiger partial charge in [-0.15, -0.1) is 11.3 Å². The Hall–Kier alpha value is -1.37. The molecule has 0 bridgehead atoms. The van der Waals surface area contributed by atoms with Crippen LogP contribution >= 0.6 is 11.3 Å². The van der Waals surface area contributed by atoms with Gasteiger partial charge in [0.1, 0.15) is 5.01 Å². The molecule has 0 fully saturated rings. The van der Waals surface area contributed by atoms with Crippen LogP contribution in [0.15, 0.2) is 23.6 Å². The maximum atomic E-state index is 13.6. The smallest absolute Gasteiger partial charge is 0.168 e. The van der Waals surface area contributed by atoms with E-state index in [1.165, 1.54) is 23.5 Å². The first-order valence-electron chi connectivity index (χ1n) is 5.81. The molecule has 0 amide bonds. The zero-order valence-corrected chi connectivity index (χ0v) is 11.3. The molecule has 6 heteroatoms. The molecule has 1 aromatic heterocycles. The number of rotatable bonds is 6. The van der Waals surface area contributed by atoms with Crippen molar-refractivity contribution in [2.75, 3.05) is 20.3 Å². The van der Waals surface area contributed by atoms with Gasteiger partial charge < -0.3 is 10.1 Å². The van der Waals surface area contributed by atoms with E-state index in [0.29, 0.717) is 18.8 Å². The minimum absolute atomic E-state index is 0.194. The van der Waals surface area contributed by atoms with Crippen molar-refractivity contribution in [3.8, 4) is 11.3 Å². The average molecular weight is 284 g/mol. The molecule has 19 heavy (non-hydrogen) atoms. The fourth-order valence-corrected chi connectivity index (χ4v) is 2.35. The van der Waals surface area contributed by atoms with E-state index in [9.17, 15) is 8.78 Å². The topological polar surface area (TPSA) is 34.1 Å². The number of hydrogen-bond acceptors (Lipinski definition) is 4. The van der Waals surface area contributed by atoms with Crippen LogP contribution < -0.4 is 5.32 Å². The number of nitrogens with one attached hydrogen (secondary N) is 1. The highest BCUT2D eigenvalue weighted by Gasteiger charge is 2.12. The molecule has 1 heterocycles. The lowest BCUT2D eigenvalue weighted by atomic mass is 10.1. The molecule has 0 saturated carbocycles. The highest BCUT2D eigenvalue weighted by atomic mass is 32.1. The summed E-state index contributed by atoms with van der Waals surface area (Å²) in [5, 5.41) is 5.70. The number of nitrogens with zero attached hydrogens (tertiary/aromatic N) is 1. The predicted octanol–water partition coefficient (Wildman–Crippen LogP) is 2.82. The molecule has 0 saturated heterocycles. The minimum Gasteiger partial charge on any atom is -0.383 e. The molecule has 0 unspecified atom stereocenters. The van der Waals surface area contributed by atoms with Gasteiger partial charge in [-0.05, 0) is 12.1 Å². The monoisotopic (exact) mass is 284 g/mol. The van der Waals surface area contributed by atoms with Crippen molar-refractivity contribution in [3.63, 3.8) is 0 Å². The third-order valence-corrected chi connectivity index (χ3v) is 3.39. The molecular weight excluding hydrogens is 270 g/mol. The van der Waals surface area contributed by atoms with Crippen LogP contribution in [0.2, 0.25) is 0 Å². The van der Waals surface area contributed by atoms with Gasteiger partial charge in [-0.1, -0.05) is 6.07 Å².